The molecule has 0 aromatic rings. The second kappa shape index (κ2) is 6.54. The quantitative estimate of drug-likeness (QED) is 0.657. The molecule has 1 unspecified atom stereocenters. The van der Waals surface area contributed by atoms with Crippen LogP contribution in [0.25, 0.3) is 0 Å². The Kier molecular flexibility index (Phi) is 6.55. The maximum absolute atomic E-state index is 10.3. The van der Waals surface area contributed by atoms with Crippen molar-refractivity contribution in [3.05, 3.63) is 0 Å². The predicted molar refractivity (Wildman–Crippen MR) is 49.6 cm³/mol. The van der Waals surface area contributed by atoms with E-state index in [4.69, 9.17) is 4.74 Å². The maximum atomic E-state index is 10.3. The number of ether oxygens (including phenoxy) is 1. The van der Waals surface area contributed by atoms with Gasteiger partial charge in [-0.2, -0.15) is 0 Å². The van der Waals surface area contributed by atoms with Crippen LogP contribution in [0, 0.1) is 0 Å². The molecule has 0 radical (unpaired) electrons. The fourth-order valence-corrected chi connectivity index (χ4v) is 1.79. The lowest BCUT2D eigenvalue weighted by atomic mass is 9.95. The summed E-state index contributed by atoms with van der Waals surface area (Å²) in [5, 5.41) is -0.142. The molecule has 1 fully saturated rings. The minimum atomic E-state index is -1.88. The van der Waals surface area contributed by atoms with E-state index in [0.717, 1.165) is 0 Å². The van der Waals surface area contributed by atoms with Gasteiger partial charge in [0.2, 0.25) is 0 Å². The first-order chi connectivity index (χ1) is 5.74. The van der Waals surface area contributed by atoms with E-state index in [9.17, 15) is 8.76 Å². The Hall–Kier alpha value is 0.0300. The summed E-state index contributed by atoms with van der Waals surface area (Å²) in [5.41, 5.74) is 4.50. The molecule has 76 valence electrons. The van der Waals surface area contributed by atoms with Crippen molar-refractivity contribution < 1.29 is 14.9 Å². The summed E-state index contributed by atoms with van der Waals surface area (Å²) in [5.74, 6) is 0. The van der Waals surface area contributed by atoms with E-state index in [0.29, 0.717) is 19.4 Å². The first kappa shape index (κ1) is 12.0. The Morgan fingerprint density at radius 2 is 2.17 bits per heavy atom. The van der Waals surface area contributed by atoms with Crippen LogP contribution in [0.3, 0.4) is 0 Å². The van der Waals surface area contributed by atoms with Crippen molar-refractivity contribution in [1.29, 1.82) is 0 Å². The monoisotopic (exact) mass is 196 g/mol. The third kappa shape index (κ3) is 3.62. The van der Waals surface area contributed by atoms with Gasteiger partial charge < -0.3 is 15.0 Å². The van der Waals surface area contributed by atoms with E-state index in [1.165, 1.54) is 7.05 Å². The zero-order valence-electron chi connectivity index (χ0n) is 7.49. The second-order valence-electron chi connectivity index (χ2n) is 2.43. The molecule has 0 aromatic carbocycles. The first-order valence-electron chi connectivity index (χ1n) is 4.01. The van der Waals surface area contributed by atoms with Crippen molar-refractivity contribution in [1.82, 2.24) is 0 Å². The molecule has 0 heterocycles. The molecule has 1 aliphatic rings. The van der Waals surface area contributed by atoms with Gasteiger partial charge in [-0.25, -0.2) is 0 Å². The summed E-state index contributed by atoms with van der Waals surface area (Å²) in [7, 11) is 1.50. The lowest BCUT2D eigenvalue weighted by Gasteiger charge is -2.35. The Morgan fingerprint density at radius 3 is 2.50 bits per heavy atom. The number of hydrogen-bond donors (Lipinski definition) is 1. The summed E-state index contributed by atoms with van der Waals surface area (Å²) in [6.45, 7) is 2.60. The predicted octanol–water partition coefficient (Wildman–Crippen LogP) is 0.254. The highest BCUT2D eigenvalue weighted by molar-refractivity contribution is 7.79. The Bertz CT molecular complexity index is 142. The summed E-state index contributed by atoms with van der Waals surface area (Å²) in [4.78, 5) is 0. The third-order valence-electron chi connectivity index (χ3n) is 1.73. The smallest absolute Gasteiger partial charge is 0.0597 e. The van der Waals surface area contributed by atoms with Crippen molar-refractivity contribution in [2.75, 3.05) is 13.7 Å². The average Bonchev–Trinajstić information content (AvgIpc) is 1.99. The Balaban J connectivity index is 0. The maximum Gasteiger partial charge on any atom is 0.0597 e. The van der Waals surface area contributed by atoms with Gasteiger partial charge in [-0.05, 0) is 26.8 Å². The van der Waals surface area contributed by atoms with Crippen molar-refractivity contribution in [2.24, 2.45) is 5.73 Å². The third-order valence-corrected chi connectivity index (χ3v) is 2.66. The van der Waals surface area contributed by atoms with Crippen LogP contribution in [-0.2, 0) is 15.8 Å². The number of nitrogens with two attached hydrogens (primary N) is 1. The highest BCUT2D eigenvalue weighted by Gasteiger charge is 2.29. The molecular weight excluding hydrogens is 178 g/mol. The van der Waals surface area contributed by atoms with E-state index in [1.807, 2.05) is 6.92 Å². The van der Waals surface area contributed by atoms with Crippen molar-refractivity contribution >= 4 is 11.1 Å². The molecular formula is C7H18NO3S-. The topological polar surface area (TPSA) is 75.4 Å². The summed E-state index contributed by atoms with van der Waals surface area (Å²) in [6.07, 6.45) is 1.57. The van der Waals surface area contributed by atoms with Crippen LogP contribution in [0.15, 0.2) is 0 Å². The van der Waals surface area contributed by atoms with Crippen molar-refractivity contribution in [3.63, 3.8) is 0 Å². The van der Waals surface area contributed by atoms with Crippen molar-refractivity contribution in [3.8, 4) is 0 Å². The zero-order valence-corrected chi connectivity index (χ0v) is 8.30. The van der Waals surface area contributed by atoms with Gasteiger partial charge in [-0.1, -0.05) is 11.1 Å². The van der Waals surface area contributed by atoms with Crippen LogP contribution in [0.1, 0.15) is 21.2 Å². The lowest BCUT2D eigenvalue weighted by molar-refractivity contribution is 0.0119. The van der Waals surface area contributed by atoms with E-state index < -0.39 is 11.1 Å². The minimum absolute atomic E-state index is 0. The summed E-state index contributed by atoms with van der Waals surface area (Å²) >= 11 is -1.88. The molecule has 12 heavy (non-hydrogen) atoms. The van der Waals surface area contributed by atoms with Crippen LogP contribution in [0.5, 0.6) is 0 Å². The van der Waals surface area contributed by atoms with Crippen LogP contribution < -0.4 is 5.73 Å². The summed E-state index contributed by atoms with van der Waals surface area (Å²) < 4.78 is 25.7. The lowest BCUT2D eigenvalue weighted by Crippen LogP contribution is -2.38. The number of hydrogen-bond acceptors (Lipinski definition) is 4. The van der Waals surface area contributed by atoms with E-state index in [-0.39, 0.29) is 12.8 Å². The van der Waals surface area contributed by atoms with Gasteiger partial charge in [0.1, 0.15) is 0 Å². The molecule has 0 spiro atoms. The SMILES string of the molecule is CCOC1CC(S(=O)[O-])C1.CN.[HH]. The molecule has 0 aromatic heterocycles. The van der Waals surface area contributed by atoms with Crippen molar-refractivity contribution in [2.45, 2.75) is 31.1 Å². The summed E-state index contributed by atoms with van der Waals surface area (Å²) in [6, 6.07) is 0. The fraction of sp³-hybridized carbons (Fsp3) is 1.00. The first-order valence-corrected chi connectivity index (χ1v) is 5.15. The van der Waals surface area contributed by atoms with Gasteiger partial charge in [-0.3, -0.25) is 4.21 Å². The van der Waals surface area contributed by atoms with Crippen LogP contribution in [0.4, 0.5) is 0 Å². The minimum Gasteiger partial charge on any atom is -0.772 e. The van der Waals surface area contributed by atoms with E-state index in [1.54, 1.807) is 0 Å². The van der Waals surface area contributed by atoms with Gasteiger partial charge >= 0.3 is 0 Å². The zero-order chi connectivity index (χ0) is 9.56. The average molecular weight is 196 g/mol. The standard InChI is InChI=1S/C6H12O3S.CH5N.H2/c1-2-9-5-3-6(4-5)10(7)8;1-2;/h5-6H,2-4H2,1H3,(H,7,8);2H2,1H3;1H/p-1. The fourth-order valence-electron chi connectivity index (χ4n) is 1.05. The second-order valence-corrected chi connectivity index (χ2v) is 3.62. The molecule has 1 saturated carbocycles. The van der Waals surface area contributed by atoms with Gasteiger partial charge in [0.15, 0.2) is 0 Å². The Morgan fingerprint density at radius 1 is 1.67 bits per heavy atom. The van der Waals surface area contributed by atoms with Gasteiger partial charge in [0, 0.05) is 13.3 Å². The molecule has 5 heteroatoms. The van der Waals surface area contributed by atoms with E-state index in [2.05, 4.69) is 5.73 Å². The van der Waals surface area contributed by atoms with E-state index >= 15 is 0 Å². The molecule has 1 rings (SSSR count). The molecule has 2 N–H and O–H groups in total. The largest absolute Gasteiger partial charge is 0.772 e. The van der Waals surface area contributed by atoms with Crippen LogP contribution >= 0.6 is 0 Å². The molecule has 1 aliphatic carbocycles. The molecule has 0 saturated heterocycles. The highest BCUT2D eigenvalue weighted by atomic mass is 32.2. The molecule has 0 amide bonds. The van der Waals surface area contributed by atoms with Crippen LogP contribution in [-0.4, -0.2) is 33.8 Å². The molecule has 4 nitrogen and oxygen atoms in total. The molecule has 1 atom stereocenters. The van der Waals surface area contributed by atoms with Gasteiger partial charge in [0.05, 0.1) is 6.10 Å². The Labute approximate surface area is 77.2 Å². The highest BCUT2D eigenvalue weighted by Crippen LogP contribution is 2.26. The van der Waals surface area contributed by atoms with Crippen LogP contribution in [0.2, 0.25) is 0 Å². The van der Waals surface area contributed by atoms with Gasteiger partial charge in [0.25, 0.3) is 0 Å². The number of rotatable bonds is 3. The molecule has 0 aliphatic heterocycles. The van der Waals surface area contributed by atoms with Gasteiger partial charge in [-0.15, -0.1) is 0 Å². The normalized spacial score (nSPS) is 29.7. The molecule has 0 bridgehead atoms.